The summed E-state index contributed by atoms with van der Waals surface area (Å²) in [4.78, 5) is 0. The molecule has 1 aliphatic rings. The molecule has 1 aliphatic heterocycles. The highest BCUT2D eigenvalue weighted by Crippen LogP contribution is 2.28. The van der Waals surface area contributed by atoms with Crippen LogP contribution in [-0.4, -0.2) is 6.54 Å². The van der Waals surface area contributed by atoms with Gasteiger partial charge in [-0.1, -0.05) is 29.8 Å². The van der Waals surface area contributed by atoms with E-state index in [0.717, 1.165) is 11.6 Å². The Morgan fingerprint density at radius 3 is 2.50 bits per heavy atom. The van der Waals surface area contributed by atoms with Gasteiger partial charge in [0.05, 0.1) is 0 Å². The first kappa shape index (κ1) is 9.85. The third-order valence-electron chi connectivity index (χ3n) is 2.10. The van der Waals surface area contributed by atoms with Gasteiger partial charge in [-0.2, -0.15) is 0 Å². The predicted molar refractivity (Wildman–Crippen MR) is 54.1 cm³/mol. The number of hydrogen-bond acceptors (Lipinski definition) is 1. The molecule has 1 aromatic carbocycles. The second-order valence-electron chi connectivity index (χ2n) is 2.82. The van der Waals surface area contributed by atoms with Crippen LogP contribution in [0, 0.1) is 0 Å². The summed E-state index contributed by atoms with van der Waals surface area (Å²) in [6.45, 7) is 1.12. The molecule has 0 amide bonds. The highest BCUT2D eigenvalue weighted by Gasteiger charge is 2.19. The average Bonchev–Trinajstić information content (AvgIpc) is 1.90. The van der Waals surface area contributed by atoms with Gasteiger partial charge in [0.2, 0.25) is 0 Å². The summed E-state index contributed by atoms with van der Waals surface area (Å²) in [7, 11) is 0. The van der Waals surface area contributed by atoms with Crippen LogP contribution in [-0.2, 0) is 0 Å². The molecular formula is C9H11Cl2N. The lowest BCUT2D eigenvalue weighted by atomic mass is 9.98. The van der Waals surface area contributed by atoms with E-state index in [4.69, 9.17) is 11.6 Å². The maximum atomic E-state index is 5.99. The topological polar surface area (TPSA) is 12.0 Å². The zero-order valence-electron chi connectivity index (χ0n) is 6.59. The lowest BCUT2D eigenvalue weighted by molar-refractivity contribution is 0.383. The maximum absolute atomic E-state index is 5.99. The summed E-state index contributed by atoms with van der Waals surface area (Å²) in [5, 5.41) is 4.20. The second kappa shape index (κ2) is 4.13. The molecule has 0 aromatic heterocycles. The molecule has 12 heavy (non-hydrogen) atoms. The van der Waals surface area contributed by atoms with E-state index in [1.807, 2.05) is 18.2 Å². The van der Waals surface area contributed by atoms with Crippen molar-refractivity contribution in [2.45, 2.75) is 12.5 Å². The first-order chi connectivity index (χ1) is 5.38. The number of rotatable bonds is 1. The molecule has 1 fully saturated rings. The first-order valence-corrected chi connectivity index (χ1v) is 4.23. The third kappa shape index (κ3) is 1.74. The Morgan fingerprint density at radius 1 is 1.33 bits per heavy atom. The second-order valence-corrected chi connectivity index (χ2v) is 3.22. The van der Waals surface area contributed by atoms with Crippen LogP contribution in [0.2, 0.25) is 5.02 Å². The van der Waals surface area contributed by atoms with E-state index in [1.165, 1.54) is 12.0 Å². The largest absolute Gasteiger partial charge is 0.310 e. The number of halogens is 2. The van der Waals surface area contributed by atoms with Crippen LogP contribution in [0.15, 0.2) is 24.3 Å². The summed E-state index contributed by atoms with van der Waals surface area (Å²) in [5.74, 6) is 0. The Hall–Kier alpha value is -0.240. The minimum Gasteiger partial charge on any atom is -0.310 e. The van der Waals surface area contributed by atoms with Crippen LogP contribution in [0.3, 0.4) is 0 Å². The Kier molecular flexibility index (Phi) is 3.39. The van der Waals surface area contributed by atoms with E-state index in [9.17, 15) is 0 Å². The zero-order chi connectivity index (χ0) is 7.68. The molecule has 3 heteroatoms. The van der Waals surface area contributed by atoms with Crippen molar-refractivity contribution in [2.75, 3.05) is 6.54 Å². The van der Waals surface area contributed by atoms with Crippen molar-refractivity contribution in [2.24, 2.45) is 0 Å². The van der Waals surface area contributed by atoms with E-state index in [1.54, 1.807) is 0 Å². The van der Waals surface area contributed by atoms with Crippen LogP contribution in [0.4, 0.5) is 0 Å². The van der Waals surface area contributed by atoms with E-state index in [-0.39, 0.29) is 12.4 Å². The van der Waals surface area contributed by atoms with Gasteiger partial charge in [-0.3, -0.25) is 0 Å². The van der Waals surface area contributed by atoms with Crippen LogP contribution < -0.4 is 5.32 Å². The predicted octanol–water partition coefficient (Wildman–Crippen LogP) is 2.80. The summed E-state index contributed by atoms with van der Waals surface area (Å²) in [6, 6.07) is 8.52. The molecule has 66 valence electrons. The Labute approximate surface area is 83.5 Å². The summed E-state index contributed by atoms with van der Waals surface area (Å²) < 4.78 is 0. The Bertz CT molecular complexity index is 258. The minimum absolute atomic E-state index is 0. The normalized spacial score (nSPS) is 20.9. The molecule has 1 nitrogen and oxygen atoms in total. The lowest BCUT2D eigenvalue weighted by Crippen LogP contribution is -2.35. The van der Waals surface area contributed by atoms with Gasteiger partial charge in [-0.15, -0.1) is 12.4 Å². The fourth-order valence-electron chi connectivity index (χ4n) is 1.31. The van der Waals surface area contributed by atoms with Crippen molar-refractivity contribution < 1.29 is 0 Å². The molecule has 0 saturated carbocycles. The molecule has 1 atom stereocenters. The van der Waals surface area contributed by atoms with E-state index in [2.05, 4.69) is 11.4 Å². The van der Waals surface area contributed by atoms with Crippen molar-refractivity contribution >= 4 is 24.0 Å². The Balaban J connectivity index is 0.000000720. The molecule has 0 bridgehead atoms. The van der Waals surface area contributed by atoms with Crippen LogP contribution in [0.5, 0.6) is 0 Å². The smallest absolute Gasteiger partial charge is 0.0453 e. The lowest BCUT2D eigenvalue weighted by Gasteiger charge is -2.28. The van der Waals surface area contributed by atoms with E-state index >= 15 is 0 Å². The van der Waals surface area contributed by atoms with Gasteiger partial charge in [-0.05, 0) is 24.6 Å². The standard InChI is InChI=1S/C9H10ClN.ClH/c10-8-4-2-1-3-7(8)9-5-6-11-9;/h1-4,9,11H,5-6H2;1H/t9-;/m1./s1. The van der Waals surface area contributed by atoms with Crippen LogP contribution >= 0.6 is 24.0 Å². The quantitative estimate of drug-likeness (QED) is 0.741. The summed E-state index contributed by atoms with van der Waals surface area (Å²) in [5.41, 5.74) is 1.24. The van der Waals surface area contributed by atoms with Gasteiger partial charge < -0.3 is 5.32 Å². The van der Waals surface area contributed by atoms with Crippen molar-refractivity contribution in [1.29, 1.82) is 0 Å². The molecule has 0 radical (unpaired) electrons. The third-order valence-corrected chi connectivity index (χ3v) is 2.45. The number of nitrogens with one attached hydrogen (secondary N) is 1. The first-order valence-electron chi connectivity index (χ1n) is 3.86. The van der Waals surface area contributed by atoms with Crippen molar-refractivity contribution in [3.05, 3.63) is 34.9 Å². The highest BCUT2D eigenvalue weighted by atomic mass is 35.5. The molecular weight excluding hydrogens is 193 g/mol. The van der Waals surface area contributed by atoms with Gasteiger partial charge in [0.25, 0.3) is 0 Å². The summed E-state index contributed by atoms with van der Waals surface area (Å²) >= 11 is 5.99. The number of benzene rings is 1. The zero-order valence-corrected chi connectivity index (χ0v) is 8.16. The van der Waals surface area contributed by atoms with E-state index in [0.29, 0.717) is 6.04 Å². The molecule has 1 saturated heterocycles. The maximum Gasteiger partial charge on any atom is 0.0453 e. The Morgan fingerprint density at radius 2 is 2.00 bits per heavy atom. The SMILES string of the molecule is Cl.Clc1ccccc1[C@H]1CCN1. The van der Waals surface area contributed by atoms with Crippen LogP contribution in [0.25, 0.3) is 0 Å². The molecule has 0 aliphatic carbocycles. The van der Waals surface area contributed by atoms with Crippen molar-refractivity contribution in [1.82, 2.24) is 5.32 Å². The number of hydrogen-bond donors (Lipinski definition) is 1. The monoisotopic (exact) mass is 203 g/mol. The van der Waals surface area contributed by atoms with E-state index < -0.39 is 0 Å². The van der Waals surface area contributed by atoms with Gasteiger partial charge in [0.1, 0.15) is 0 Å². The average molecular weight is 204 g/mol. The minimum atomic E-state index is 0. The van der Waals surface area contributed by atoms with Gasteiger partial charge >= 0.3 is 0 Å². The molecule has 1 aromatic rings. The molecule has 0 unspecified atom stereocenters. The van der Waals surface area contributed by atoms with Gasteiger partial charge in [-0.25, -0.2) is 0 Å². The summed E-state index contributed by atoms with van der Waals surface area (Å²) in [6.07, 6.45) is 1.21. The fourth-order valence-corrected chi connectivity index (χ4v) is 1.58. The van der Waals surface area contributed by atoms with Gasteiger partial charge in [0.15, 0.2) is 0 Å². The highest BCUT2D eigenvalue weighted by molar-refractivity contribution is 6.31. The molecule has 2 rings (SSSR count). The van der Waals surface area contributed by atoms with Gasteiger partial charge in [0, 0.05) is 11.1 Å². The fraction of sp³-hybridized carbons (Fsp3) is 0.333. The van der Waals surface area contributed by atoms with Crippen molar-refractivity contribution in [3.63, 3.8) is 0 Å². The van der Waals surface area contributed by atoms with Crippen molar-refractivity contribution in [3.8, 4) is 0 Å². The molecule has 1 N–H and O–H groups in total. The molecule has 1 heterocycles. The molecule has 0 spiro atoms. The van der Waals surface area contributed by atoms with Crippen LogP contribution in [0.1, 0.15) is 18.0 Å².